The monoisotopic (exact) mass is 1420 g/mol. The van der Waals surface area contributed by atoms with Gasteiger partial charge in [-0.1, -0.05) is 329 Å². The Morgan fingerprint density at radius 3 is 0.928 bits per heavy atom. The molecule has 97 heavy (non-hydrogen) atoms. The summed E-state index contributed by atoms with van der Waals surface area (Å²) in [6.07, 6.45) is 60.8. The van der Waals surface area contributed by atoms with Crippen LogP contribution >= 0.6 is 15.6 Å². The molecule has 19 heteroatoms. The zero-order chi connectivity index (χ0) is 71.4. The van der Waals surface area contributed by atoms with Gasteiger partial charge in [0, 0.05) is 25.7 Å². The molecule has 0 aliphatic carbocycles. The van der Waals surface area contributed by atoms with Crippen molar-refractivity contribution in [2.45, 2.75) is 400 Å². The molecule has 0 aromatic rings. The van der Waals surface area contributed by atoms with Gasteiger partial charge >= 0.3 is 39.5 Å². The second kappa shape index (κ2) is 69.3. The summed E-state index contributed by atoms with van der Waals surface area (Å²) in [7, 11) is -9.92. The Hall–Kier alpha value is -2.46. The van der Waals surface area contributed by atoms with E-state index < -0.39 is 97.5 Å². The summed E-state index contributed by atoms with van der Waals surface area (Å²) in [6, 6.07) is 0. The van der Waals surface area contributed by atoms with E-state index in [1.807, 2.05) is 0 Å². The number of phosphoric acid groups is 2. The zero-order valence-corrected chi connectivity index (χ0v) is 64.7. The van der Waals surface area contributed by atoms with Crippen LogP contribution in [0.15, 0.2) is 24.3 Å². The van der Waals surface area contributed by atoms with Crippen molar-refractivity contribution in [1.82, 2.24) is 0 Å². The van der Waals surface area contributed by atoms with Crippen molar-refractivity contribution < 1.29 is 80.2 Å². The summed E-state index contributed by atoms with van der Waals surface area (Å²) in [5, 5.41) is 10.6. The molecule has 17 nitrogen and oxygen atoms in total. The molecule has 3 N–H and O–H groups in total. The van der Waals surface area contributed by atoms with E-state index in [0.717, 1.165) is 121 Å². The maximum atomic E-state index is 13.1. The third-order valence-electron chi connectivity index (χ3n) is 17.9. The summed E-state index contributed by atoms with van der Waals surface area (Å²) in [5.41, 5.74) is 0. The molecule has 572 valence electrons. The third-order valence-corrected chi connectivity index (χ3v) is 19.8. The average molecular weight is 1420 g/mol. The summed E-state index contributed by atoms with van der Waals surface area (Å²) < 4.78 is 68.3. The Labute approximate surface area is 592 Å². The molecule has 0 aliphatic heterocycles. The van der Waals surface area contributed by atoms with E-state index in [-0.39, 0.29) is 25.7 Å². The molecule has 0 saturated heterocycles. The maximum Gasteiger partial charge on any atom is 0.472 e. The fraction of sp³-hybridized carbons (Fsp3) is 0.897. The van der Waals surface area contributed by atoms with Crippen LogP contribution in [0.2, 0.25) is 0 Å². The largest absolute Gasteiger partial charge is 0.472 e. The van der Waals surface area contributed by atoms with Crippen LogP contribution in [0, 0.1) is 11.8 Å². The molecule has 6 atom stereocenters. The highest BCUT2D eigenvalue weighted by Crippen LogP contribution is 2.45. The van der Waals surface area contributed by atoms with Crippen molar-refractivity contribution in [2.75, 3.05) is 39.6 Å². The standard InChI is InChI=1S/C78H148O17P2/c1-7-10-12-14-15-16-17-18-21-29-34-39-44-50-56-62-77(82)94-73(66-88-75(80)60-54-46-13-11-8-2)68-92-96(84,85)90-64-72(79)65-91-97(86,87)93-69-74(67-89-76(81)61-55-49-43-38-33-28-25-24-27-32-37-42-48-53-59-71(6)9-3)95-78(83)63-57-51-45-40-35-30-23-20-19-22-26-31-36-41-47-52-58-70(4)5/h16-18,21,70-74,79H,7-15,19-20,22-69H2,1-6H3,(H,84,85)(H,86,87)/b17-16-,21-18-/t71?,72-,73+,74+/m0/s1. The Bertz CT molecular complexity index is 1970. The molecule has 0 radical (unpaired) electrons. The topological polar surface area (TPSA) is 237 Å². The Kier molecular flexibility index (Phi) is 67.5. The number of carbonyl (C=O) groups is 4. The van der Waals surface area contributed by atoms with Crippen LogP contribution in [0.4, 0.5) is 0 Å². The molecule has 0 aromatic carbocycles. The number of esters is 4. The first-order chi connectivity index (χ1) is 46.9. The van der Waals surface area contributed by atoms with Crippen LogP contribution in [0.5, 0.6) is 0 Å². The number of hydrogen-bond acceptors (Lipinski definition) is 15. The van der Waals surface area contributed by atoms with Crippen molar-refractivity contribution in [3.63, 3.8) is 0 Å². The first-order valence-electron chi connectivity index (χ1n) is 39.8. The van der Waals surface area contributed by atoms with E-state index in [1.165, 1.54) is 180 Å². The number of carbonyl (C=O) groups excluding carboxylic acids is 4. The van der Waals surface area contributed by atoms with Gasteiger partial charge in [-0.25, -0.2) is 9.13 Å². The quantitative estimate of drug-likeness (QED) is 0.0169. The summed E-state index contributed by atoms with van der Waals surface area (Å²) in [4.78, 5) is 72.6. The molecule has 0 heterocycles. The lowest BCUT2D eigenvalue weighted by molar-refractivity contribution is -0.161. The number of hydrogen-bond donors (Lipinski definition) is 3. The van der Waals surface area contributed by atoms with E-state index in [0.29, 0.717) is 25.7 Å². The minimum atomic E-state index is -4.96. The van der Waals surface area contributed by atoms with Gasteiger partial charge in [0.05, 0.1) is 26.4 Å². The van der Waals surface area contributed by atoms with Crippen molar-refractivity contribution in [3.8, 4) is 0 Å². The minimum absolute atomic E-state index is 0.0842. The van der Waals surface area contributed by atoms with Crippen LogP contribution in [0.25, 0.3) is 0 Å². The number of allylic oxidation sites excluding steroid dienone is 4. The van der Waals surface area contributed by atoms with E-state index in [4.69, 9.17) is 37.0 Å². The van der Waals surface area contributed by atoms with E-state index in [9.17, 15) is 43.2 Å². The molecule has 0 rings (SSSR count). The lowest BCUT2D eigenvalue weighted by Gasteiger charge is -2.21. The first-order valence-corrected chi connectivity index (χ1v) is 42.8. The zero-order valence-electron chi connectivity index (χ0n) is 62.9. The van der Waals surface area contributed by atoms with Crippen LogP contribution < -0.4 is 0 Å². The smallest absolute Gasteiger partial charge is 0.462 e. The molecule has 0 spiro atoms. The number of aliphatic hydroxyl groups is 1. The number of ether oxygens (including phenoxy) is 4. The number of unbranched alkanes of at least 4 members (excludes halogenated alkanes) is 41. The molecule has 0 aromatic heterocycles. The maximum absolute atomic E-state index is 13.1. The average Bonchev–Trinajstić information content (AvgIpc) is 1.42. The minimum Gasteiger partial charge on any atom is -0.462 e. The molecule has 0 fully saturated rings. The van der Waals surface area contributed by atoms with Gasteiger partial charge in [0.25, 0.3) is 0 Å². The van der Waals surface area contributed by atoms with Gasteiger partial charge in [0.2, 0.25) is 0 Å². The normalized spacial score (nSPS) is 14.4. The number of rotatable bonds is 75. The molecule has 0 bridgehead atoms. The lowest BCUT2D eigenvalue weighted by Crippen LogP contribution is -2.30. The fourth-order valence-electron chi connectivity index (χ4n) is 11.4. The van der Waals surface area contributed by atoms with Crippen LogP contribution in [0.1, 0.15) is 382 Å². The fourth-order valence-corrected chi connectivity index (χ4v) is 13.0. The number of aliphatic hydroxyl groups excluding tert-OH is 1. The summed E-state index contributed by atoms with van der Waals surface area (Å²) >= 11 is 0. The van der Waals surface area contributed by atoms with Crippen LogP contribution in [-0.4, -0.2) is 96.7 Å². The predicted octanol–water partition coefficient (Wildman–Crippen LogP) is 22.7. The van der Waals surface area contributed by atoms with Crippen molar-refractivity contribution in [1.29, 1.82) is 0 Å². The highest BCUT2D eigenvalue weighted by atomic mass is 31.2. The first kappa shape index (κ1) is 94.5. The van der Waals surface area contributed by atoms with Crippen molar-refractivity contribution >= 4 is 39.5 Å². The predicted molar refractivity (Wildman–Crippen MR) is 395 cm³/mol. The number of phosphoric ester groups is 2. The molecule has 0 aliphatic rings. The summed E-state index contributed by atoms with van der Waals surface area (Å²) in [6.45, 7) is 9.54. The van der Waals surface area contributed by atoms with Gasteiger partial charge in [-0.05, 0) is 63.2 Å². The van der Waals surface area contributed by atoms with E-state index in [2.05, 4.69) is 65.8 Å². The molecule has 0 saturated carbocycles. The summed E-state index contributed by atoms with van der Waals surface area (Å²) in [5.74, 6) is -0.498. The van der Waals surface area contributed by atoms with Crippen LogP contribution in [-0.2, 0) is 65.4 Å². The van der Waals surface area contributed by atoms with Gasteiger partial charge in [0.1, 0.15) is 19.3 Å². The highest BCUT2D eigenvalue weighted by molar-refractivity contribution is 7.47. The van der Waals surface area contributed by atoms with Crippen molar-refractivity contribution in [2.24, 2.45) is 11.8 Å². The van der Waals surface area contributed by atoms with E-state index in [1.54, 1.807) is 0 Å². The molecule has 0 amide bonds. The second-order valence-electron chi connectivity index (χ2n) is 28.1. The van der Waals surface area contributed by atoms with Gasteiger partial charge in [-0.3, -0.25) is 37.3 Å². The second-order valence-corrected chi connectivity index (χ2v) is 31.0. The highest BCUT2D eigenvalue weighted by Gasteiger charge is 2.30. The Morgan fingerprint density at radius 1 is 0.340 bits per heavy atom. The molecular formula is C78H148O17P2. The van der Waals surface area contributed by atoms with Gasteiger partial charge < -0.3 is 33.8 Å². The SMILES string of the molecule is CCCCCC/C=C\C=C/CCCCCCCC(=O)O[C@H](COC(=O)CCCCCCC)COP(=O)(O)OC[C@H](O)COP(=O)(O)OC[C@@H](COC(=O)CCCCCCCCCCCCCCCCC(C)CC)OC(=O)CCCCCCCCCCCCCCCCCCC(C)C. The Morgan fingerprint density at radius 2 is 0.608 bits per heavy atom. The molecule has 3 unspecified atom stereocenters. The van der Waals surface area contributed by atoms with Gasteiger partial charge in [-0.2, -0.15) is 0 Å². The van der Waals surface area contributed by atoms with Gasteiger partial charge in [0.15, 0.2) is 12.2 Å². The lowest BCUT2D eigenvalue weighted by atomic mass is 9.99. The third kappa shape index (κ3) is 70.4. The van der Waals surface area contributed by atoms with E-state index >= 15 is 0 Å². The van der Waals surface area contributed by atoms with Gasteiger partial charge in [-0.15, -0.1) is 0 Å². The Balaban J connectivity index is 5.17. The van der Waals surface area contributed by atoms with Crippen LogP contribution in [0.3, 0.4) is 0 Å². The van der Waals surface area contributed by atoms with Crippen molar-refractivity contribution in [3.05, 3.63) is 24.3 Å². The molecular weight excluding hydrogens is 1270 g/mol.